The van der Waals surface area contributed by atoms with E-state index in [1.165, 1.54) is 0 Å². The molecule has 1 saturated heterocycles. The SMILES string of the molecule is Cc1n[nH]c(C)c1[C@H]1CCCCCN1C(=O)NCCC(F)(F)F. The second-order valence-corrected chi connectivity index (χ2v) is 6.00. The van der Waals surface area contributed by atoms with E-state index in [9.17, 15) is 18.0 Å². The number of rotatable bonds is 3. The number of nitrogens with one attached hydrogen (secondary N) is 2. The standard InChI is InChI=1S/C15H23F3N4O/c1-10-13(11(2)21-20-10)12-6-4-3-5-9-22(12)14(23)19-8-7-15(16,17)18/h12H,3-9H2,1-2H3,(H,19,23)(H,20,21)/t12-/m1/s1. The predicted molar refractivity (Wildman–Crippen MR) is 80.0 cm³/mol. The summed E-state index contributed by atoms with van der Waals surface area (Å²) in [4.78, 5) is 14.0. The van der Waals surface area contributed by atoms with Crippen molar-refractivity contribution in [2.24, 2.45) is 0 Å². The van der Waals surface area contributed by atoms with Crippen molar-refractivity contribution in [2.75, 3.05) is 13.1 Å². The molecule has 5 nitrogen and oxygen atoms in total. The molecule has 1 aliphatic heterocycles. The van der Waals surface area contributed by atoms with Gasteiger partial charge in [0.05, 0.1) is 18.2 Å². The minimum atomic E-state index is -4.26. The number of amides is 2. The van der Waals surface area contributed by atoms with Gasteiger partial charge in [-0.2, -0.15) is 18.3 Å². The summed E-state index contributed by atoms with van der Waals surface area (Å²) in [6.07, 6.45) is -1.61. The fraction of sp³-hybridized carbons (Fsp3) is 0.733. The summed E-state index contributed by atoms with van der Waals surface area (Å²) in [5.41, 5.74) is 2.72. The highest BCUT2D eigenvalue weighted by atomic mass is 19.4. The monoisotopic (exact) mass is 332 g/mol. The molecule has 0 bridgehead atoms. The molecule has 0 radical (unpaired) electrons. The number of aromatic amines is 1. The molecule has 0 saturated carbocycles. The van der Waals surface area contributed by atoms with Crippen LogP contribution >= 0.6 is 0 Å². The van der Waals surface area contributed by atoms with Crippen LogP contribution in [-0.2, 0) is 0 Å². The highest BCUT2D eigenvalue weighted by molar-refractivity contribution is 5.75. The zero-order chi connectivity index (χ0) is 17.0. The maximum atomic E-state index is 12.4. The Kier molecular flexibility index (Phi) is 5.54. The Bertz CT molecular complexity index is 522. The van der Waals surface area contributed by atoms with Crippen LogP contribution in [0.2, 0.25) is 0 Å². The van der Waals surface area contributed by atoms with Gasteiger partial charge in [-0.05, 0) is 26.7 Å². The third kappa shape index (κ3) is 4.62. The fourth-order valence-corrected chi connectivity index (χ4v) is 3.11. The first-order chi connectivity index (χ1) is 10.8. The molecule has 2 N–H and O–H groups in total. The largest absolute Gasteiger partial charge is 0.390 e. The number of carbonyl (C=O) groups is 1. The molecule has 8 heteroatoms. The number of carbonyl (C=O) groups excluding carboxylic acids is 1. The zero-order valence-corrected chi connectivity index (χ0v) is 13.5. The van der Waals surface area contributed by atoms with Crippen LogP contribution in [0.4, 0.5) is 18.0 Å². The van der Waals surface area contributed by atoms with E-state index in [0.717, 1.165) is 42.6 Å². The van der Waals surface area contributed by atoms with Crippen molar-refractivity contribution >= 4 is 6.03 Å². The smallest absolute Gasteiger partial charge is 0.338 e. The summed E-state index contributed by atoms with van der Waals surface area (Å²) in [5, 5.41) is 9.50. The van der Waals surface area contributed by atoms with Gasteiger partial charge in [0.15, 0.2) is 0 Å². The minimum absolute atomic E-state index is 0.137. The van der Waals surface area contributed by atoms with Crippen molar-refractivity contribution in [3.8, 4) is 0 Å². The molecule has 0 unspecified atom stereocenters. The molecule has 0 aromatic carbocycles. The first-order valence-corrected chi connectivity index (χ1v) is 7.92. The van der Waals surface area contributed by atoms with Crippen molar-refractivity contribution in [3.63, 3.8) is 0 Å². The lowest BCUT2D eigenvalue weighted by Crippen LogP contribution is -2.43. The topological polar surface area (TPSA) is 61.0 Å². The fourth-order valence-electron chi connectivity index (χ4n) is 3.11. The number of hydrogen-bond acceptors (Lipinski definition) is 2. The van der Waals surface area contributed by atoms with Crippen molar-refractivity contribution in [1.29, 1.82) is 0 Å². The number of alkyl halides is 3. The van der Waals surface area contributed by atoms with Crippen molar-refractivity contribution < 1.29 is 18.0 Å². The Balaban J connectivity index is 2.11. The molecule has 2 rings (SSSR count). The summed E-state index contributed by atoms with van der Waals surface area (Å²) in [6.45, 7) is 3.94. The Morgan fingerprint density at radius 2 is 2.09 bits per heavy atom. The summed E-state index contributed by atoms with van der Waals surface area (Å²) in [5.74, 6) is 0. The van der Waals surface area contributed by atoms with Crippen molar-refractivity contribution in [3.05, 3.63) is 17.0 Å². The molecule has 23 heavy (non-hydrogen) atoms. The molecule has 1 atom stereocenters. The van der Waals surface area contributed by atoms with Gasteiger partial charge in [0.2, 0.25) is 0 Å². The lowest BCUT2D eigenvalue weighted by atomic mass is 9.99. The van der Waals surface area contributed by atoms with Gasteiger partial charge >= 0.3 is 12.2 Å². The first-order valence-electron chi connectivity index (χ1n) is 7.92. The number of nitrogens with zero attached hydrogens (tertiary/aromatic N) is 2. The maximum Gasteiger partial charge on any atom is 0.390 e. The van der Waals surface area contributed by atoms with Crippen LogP contribution in [0.3, 0.4) is 0 Å². The van der Waals surface area contributed by atoms with Crippen LogP contribution in [0, 0.1) is 13.8 Å². The van der Waals surface area contributed by atoms with Gasteiger partial charge in [0.1, 0.15) is 0 Å². The maximum absolute atomic E-state index is 12.4. The van der Waals surface area contributed by atoms with Crippen molar-refractivity contribution in [2.45, 2.75) is 58.2 Å². The molecule has 1 aliphatic rings. The molecule has 130 valence electrons. The number of urea groups is 1. The predicted octanol–water partition coefficient (Wildman–Crippen LogP) is 3.61. The Hall–Kier alpha value is -1.73. The minimum Gasteiger partial charge on any atom is -0.338 e. The van der Waals surface area contributed by atoms with Crippen LogP contribution in [-0.4, -0.2) is 40.4 Å². The summed E-state index contributed by atoms with van der Waals surface area (Å²) in [6, 6.07) is -0.566. The third-order valence-corrected chi connectivity index (χ3v) is 4.22. The van der Waals surface area contributed by atoms with Gasteiger partial charge in [-0.1, -0.05) is 12.8 Å². The molecular formula is C15H23F3N4O. The average Bonchev–Trinajstić information content (AvgIpc) is 2.65. The van der Waals surface area contributed by atoms with E-state index in [2.05, 4.69) is 15.5 Å². The highest BCUT2D eigenvalue weighted by Gasteiger charge is 2.31. The van der Waals surface area contributed by atoms with Gasteiger partial charge in [0, 0.05) is 24.3 Å². The molecule has 1 aromatic rings. The number of aromatic nitrogens is 2. The van der Waals surface area contributed by atoms with E-state index in [1.54, 1.807) is 4.90 Å². The van der Waals surface area contributed by atoms with Crippen LogP contribution in [0.25, 0.3) is 0 Å². The zero-order valence-electron chi connectivity index (χ0n) is 13.5. The van der Waals surface area contributed by atoms with Crippen LogP contribution < -0.4 is 5.32 Å². The number of H-pyrrole nitrogens is 1. The van der Waals surface area contributed by atoms with E-state index in [4.69, 9.17) is 0 Å². The second-order valence-electron chi connectivity index (χ2n) is 6.00. The molecular weight excluding hydrogens is 309 g/mol. The molecule has 0 spiro atoms. The van der Waals surface area contributed by atoms with Gasteiger partial charge < -0.3 is 10.2 Å². The summed E-state index contributed by atoms with van der Waals surface area (Å²) < 4.78 is 36.7. The Morgan fingerprint density at radius 1 is 1.35 bits per heavy atom. The van der Waals surface area contributed by atoms with Crippen LogP contribution in [0.5, 0.6) is 0 Å². The summed E-state index contributed by atoms with van der Waals surface area (Å²) in [7, 11) is 0. The quantitative estimate of drug-likeness (QED) is 0.888. The van der Waals surface area contributed by atoms with Crippen molar-refractivity contribution in [1.82, 2.24) is 20.4 Å². The molecule has 1 fully saturated rings. The lowest BCUT2D eigenvalue weighted by Gasteiger charge is -2.30. The first kappa shape index (κ1) is 17.6. The molecule has 0 aliphatic carbocycles. The number of aryl methyl sites for hydroxylation is 2. The Morgan fingerprint density at radius 3 is 2.70 bits per heavy atom. The van der Waals surface area contributed by atoms with Gasteiger partial charge in [0.25, 0.3) is 0 Å². The second kappa shape index (κ2) is 7.23. The number of halogens is 3. The van der Waals surface area contributed by atoms with Gasteiger partial charge in [-0.3, -0.25) is 5.10 Å². The number of likely N-dealkylation sites (tertiary alicyclic amines) is 1. The van der Waals surface area contributed by atoms with Crippen LogP contribution in [0.1, 0.15) is 55.1 Å². The van der Waals surface area contributed by atoms with Crippen LogP contribution in [0.15, 0.2) is 0 Å². The van der Waals surface area contributed by atoms with E-state index in [0.29, 0.717) is 6.54 Å². The highest BCUT2D eigenvalue weighted by Crippen LogP contribution is 2.33. The lowest BCUT2D eigenvalue weighted by molar-refractivity contribution is -0.133. The van der Waals surface area contributed by atoms with E-state index in [1.807, 2.05) is 13.8 Å². The molecule has 1 aromatic heterocycles. The van der Waals surface area contributed by atoms with Gasteiger partial charge in [-0.25, -0.2) is 4.79 Å². The third-order valence-electron chi connectivity index (χ3n) is 4.22. The molecule has 2 heterocycles. The van der Waals surface area contributed by atoms with Gasteiger partial charge in [-0.15, -0.1) is 0 Å². The normalized spacial score (nSPS) is 19.5. The van der Waals surface area contributed by atoms with E-state index in [-0.39, 0.29) is 6.04 Å². The average molecular weight is 332 g/mol. The Labute approximate surface area is 133 Å². The van der Waals surface area contributed by atoms with E-state index >= 15 is 0 Å². The molecule has 2 amide bonds. The summed E-state index contributed by atoms with van der Waals surface area (Å²) >= 11 is 0. The van der Waals surface area contributed by atoms with E-state index < -0.39 is 25.2 Å². The number of hydrogen-bond donors (Lipinski definition) is 2.